The molecule has 0 fully saturated rings. The molecule has 47 heavy (non-hydrogen) atoms. The Kier molecular flexibility index (Phi) is 14.4. The molecule has 1 aliphatic rings. The van der Waals surface area contributed by atoms with Crippen molar-refractivity contribution < 1.29 is 38.4 Å². The molecule has 3 aromatic rings. The van der Waals surface area contributed by atoms with Crippen LogP contribution in [0.5, 0.6) is 5.75 Å². The van der Waals surface area contributed by atoms with E-state index in [-0.39, 0.29) is 18.9 Å². The zero-order chi connectivity index (χ0) is 33.4. The largest absolute Gasteiger partial charge is 0.491 e. The lowest BCUT2D eigenvalue weighted by molar-refractivity contribution is -0.121. The van der Waals surface area contributed by atoms with Gasteiger partial charge in [-0.25, -0.2) is 4.79 Å². The summed E-state index contributed by atoms with van der Waals surface area (Å²) in [6.07, 6.45) is -0.949. The fourth-order valence-electron chi connectivity index (χ4n) is 4.79. The van der Waals surface area contributed by atoms with Gasteiger partial charge in [-0.2, -0.15) is 0 Å². The molecule has 14 nitrogen and oxygen atoms in total. The van der Waals surface area contributed by atoms with Crippen molar-refractivity contribution in [2.75, 3.05) is 72.6 Å². The van der Waals surface area contributed by atoms with Crippen LogP contribution in [0, 0.1) is 6.92 Å². The molecule has 0 aliphatic carbocycles. The lowest BCUT2D eigenvalue weighted by atomic mass is 10.00. The smallest absolute Gasteiger partial charge is 0.404 e. The van der Waals surface area contributed by atoms with Gasteiger partial charge in [-0.15, -0.1) is 10.2 Å². The van der Waals surface area contributed by atoms with Gasteiger partial charge in [0.15, 0.2) is 5.82 Å². The van der Waals surface area contributed by atoms with Gasteiger partial charge in [0, 0.05) is 29.2 Å². The number of fused-ring (bicyclic) bond motifs is 3. The second-order valence-electron chi connectivity index (χ2n) is 10.3. The molecular formula is C32H41ClN6O8. The second-order valence-corrected chi connectivity index (χ2v) is 10.7. The number of hydrogen-bond acceptors (Lipinski definition) is 10. The van der Waals surface area contributed by atoms with E-state index in [0.717, 1.165) is 16.8 Å². The maximum Gasteiger partial charge on any atom is 0.404 e. The normalized spacial score (nSPS) is 13.7. The Labute approximate surface area is 278 Å². The first-order valence-corrected chi connectivity index (χ1v) is 15.8. The van der Waals surface area contributed by atoms with Crippen molar-refractivity contribution in [2.45, 2.75) is 26.3 Å². The Morgan fingerprint density at radius 1 is 0.872 bits per heavy atom. The van der Waals surface area contributed by atoms with Crippen molar-refractivity contribution >= 4 is 29.3 Å². The van der Waals surface area contributed by atoms with E-state index in [0.29, 0.717) is 94.1 Å². The fourth-order valence-corrected chi connectivity index (χ4v) is 4.92. The summed E-state index contributed by atoms with van der Waals surface area (Å²) < 4.78 is 29.8. The number of aryl methyl sites for hydroxylation is 1. The molecule has 0 spiro atoms. The Bertz CT molecular complexity index is 1480. The number of halogens is 1. The Hall–Kier alpha value is -4.08. The highest BCUT2D eigenvalue weighted by Gasteiger charge is 2.30. The molecule has 2 heterocycles. The van der Waals surface area contributed by atoms with Crippen LogP contribution in [-0.2, 0) is 23.7 Å². The number of carboxylic acid groups (broad SMARTS) is 1. The molecule has 3 N–H and O–H groups in total. The molecule has 254 valence electrons. The first-order valence-electron chi connectivity index (χ1n) is 15.4. The van der Waals surface area contributed by atoms with Crippen LogP contribution in [-0.4, -0.2) is 110 Å². The molecule has 0 bridgehead atoms. The van der Waals surface area contributed by atoms with Gasteiger partial charge in [0.2, 0.25) is 5.91 Å². The minimum Gasteiger partial charge on any atom is -0.491 e. The standard InChI is InChI=1S/C32H41ClN6O8/c1-3-34-29(40)21-27-31-38-37-22(2)39(31)28-9-8-25(20-26(28)30(36-27)23-4-6-24(33)7-5-23)47-19-18-46-17-16-45-15-14-44-13-12-43-11-10-35-32(41)42/h4-9,20,27,35H,3,10-19,21H2,1-2H3,(H,34,40)(H,41,42)/t27-/m0/s1. The summed E-state index contributed by atoms with van der Waals surface area (Å²) in [4.78, 5) is 28.1. The number of nitrogens with one attached hydrogen (secondary N) is 2. The molecule has 4 rings (SSSR count). The number of hydrogen-bond donors (Lipinski definition) is 3. The molecule has 1 atom stereocenters. The number of ether oxygens (including phenoxy) is 5. The zero-order valence-electron chi connectivity index (χ0n) is 26.6. The number of nitrogens with zero attached hydrogens (tertiary/aromatic N) is 4. The van der Waals surface area contributed by atoms with E-state index in [4.69, 9.17) is 45.4 Å². The zero-order valence-corrected chi connectivity index (χ0v) is 27.3. The third-order valence-electron chi connectivity index (χ3n) is 6.90. The molecule has 2 aromatic carbocycles. The number of amides is 2. The number of benzene rings is 2. The molecule has 0 unspecified atom stereocenters. The Morgan fingerprint density at radius 2 is 1.51 bits per heavy atom. The monoisotopic (exact) mass is 672 g/mol. The highest BCUT2D eigenvalue weighted by Crippen LogP contribution is 2.34. The van der Waals surface area contributed by atoms with Gasteiger partial charge in [0.05, 0.1) is 70.7 Å². The minimum atomic E-state index is -1.07. The summed E-state index contributed by atoms with van der Waals surface area (Å²) in [5.74, 6) is 1.79. The van der Waals surface area contributed by atoms with Crippen molar-refractivity contribution in [3.8, 4) is 11.4 Å². The predicted molar refractivity (Wildman–Crippen MR) is 174 cm³/mol. The van der Waals surface area contributed by atoms with Crippen LogP contribution < -0.4 is 15.4 Å². The van der Waals surface area contributed by atoms with E-state index >= 15 is 0 Å². The highest BCUT2D eigenvalue weighted by atomic mass is 35.5. The van der Waals surface area contributed by atoms with E-state index in [9.17, 15) is 9.59 Å². The summed E-state index contributed by atoms with van der Waals surface area (Å²) in [6.45, 7) is 7.94. The fraction of sp³-hybridized carbons (Fsp3) is 0.469. The number of aliphatic imine (C=N–C) groups is 1. The molecule has 15 heteroatoms. The Balaban J connectivity index is 1.29. The molecule has 0 saturated carbocycles. The third kappa shape index (κ3) is 11.0. The van der Waals surface area contributed by atoms with Gasteiger partial charge < -0.3 is 39.4 Å². The van der Waals surface area contributed by atoms with Crippen molar-refractivity contribution in [2.24, 2.45) is 4.99 Å². The number of carbonyl (C=O) groups is 2. The minimum absolute atomic E-state index is 0.121. The maximum absolute atomic E-state index is 12.7. The lowest BCUT2D eigenvalue weighted by Crippen LogP contribution is -2.25. The van der Waals surface area contributed by atoms with Crippen molar-refractivity contribution in [1.29, 1.82) is 0 Å². The first-order chi connectivity index (χ1) is 22.9. The SMILES string of the molecule is CCNC(=O)C[C@@H]1N=C(c2ccc(Cl)cc2)c2cc(OCCOCCOCCOCCOCCNC(=O)O)ccc2-n2c(C)nnc21. The van der Waals surface area contributed by atoms with Crippen LogP contribution in [0.4, 0.5) is 4.79 Å². The van der Waals surface area contributed by atoms with E-state index in [1.54, 1.807) is 0 Å². The lowest BCUT2D eigenvalue weighted by Gasteiger charge is -2.15. The highest BCUT2D eigenvalue weighted by molar-refractivity contribution is 6.30. The first kappa shape index (κ1) is 35.8. The number of carbonyl (C=O) groups excluding carboxylic acids is 1. The van der Waals surface area contributed by atoms with E-state index < -0.39 is 12.1 Å². The summed E-state index contributed by atoms with van der Waals surface area (Å²) in [5.41, 5.74) is 3.18. The number of aromatic nitrogens is 3. The van der Waals surface area contributed by atoms with Gasteiger partial charge in [-0.05, 0) is 44.2 Å². The molecule has 0 radical (unpaired) electrons. The summed E-state index contributed by atoms with van der Waals surface area (Å²) in [7, 11) is 0. The third-order valence-corrected chi connectivity index (χ3v) is 7.15. The summed E-state index contributed by atoms with van der Waals surface area (Å²) >= 11 is 6.20. The van der Waals surface area contributed by atoms with Crippen molar-refractivity contribution in [3.05, 3.63) is 70.3 Å². The summed E-state index contributed by atoms with van der Waals surface area (Å²) in [5, 5.41) is 22.9. The van der Waals surface area contributed by atoms with Gasteiger partial charge in [-0.1, -0.05) is 23.7 Å². The van der Waals surface area contributed by atoms with Gasteiger partial charge in [-0.3, -0.25) is 14.4 Å². The van der Waals surface area contributed by atoms with Crippen molar-refractivity contribution in [1.82, 2.24) is 25.4 Å². The topological polar surface area (TPSA) is 168 Å². The predicted octanol–water partition coefficient (Wildman–Crippen LogP) is 3.36. The quantitative estimate of drug-likeness (QED) is 0.151. The van der Waals surface area contributed by atoms with Crippen molar-refractivity contribution in [3.63, 3.8) is 0 Å². The van der Waals surface area contributed by atoms with Crippen LogP contribution in [0.2, 0.25) is 5.02 Å². The molecule has 2 amide bonds. The van der Waals surface area contributed by atoms with E-state index in [2.05, 4.69) is 20.8 Å². The Morgan fingerprint density at radius 3 is 2.15 bits per heavy atom. The second kappa shape index (κ2) is 18.9. The van der Waals surface area contributed by atoms with Crippen LogP contribution in [0.1, 0.15) is 42.2 Å². The average Bonchev–Trinajstić information content (AvgIpc) is 3.37. The van der Waals surface area contributed by atoms with Gasteiger partial charge >= 0.3 is 6.09 Å². The van der Waals surface area contributed by atoms with Crippen LogP contribution in [0.25, 0.3) is 5.69 Å². The molecule has 1 aromatic heterocycles. The number of rotatable bonds is 20. The van der Waals surface area contributed by atoms with Crippen LogP contribution in [0.3, 0.4) is 0 Å². The molecule has 1 aliphatic heterocycles. The van der Waals surface area contributed by atoms with E-state index in [1.165, 1.54) is 0 Å². The van der Waals surface area contributed by atoms with Gasteiger partial charge in [0.25, 0.3) is 0 Å². The summed E-state index contributed by atoms with van der Waals surface area (Å²) in [6, 6.07) is 12.6. The van der Waals surface area contributed by atoms with Crippen LogP contribution >= 0.6 is 11.6 Å². The van der Waals surface area contributed by atoms with Gasteiger partial charge in [0.1, 0.15) is 24.2 Å². The maximum atomic E-state index is 12.7. The van der Waals surface area contributed by atoms with Crippen LogP contribution in [0.15, 0.2) is 47.5 Å². The van der Waals surface area contributed by atoms with E-state index in [1.807, 2.05) is 60.9 Å². The average molecular weight is 673 g/mol. The molecular weight excluding hydrogens is 632 g/mol. The molecule has 0 saturated heterocycles.